The van der Waals surface area contributed by atoms with Crippen molar-refractivity contribution >= 4 is 11.9 Å². The molecule has 7 heteroatoms. The van der Waals surface area contributed by atoms with Gasteiger partial charge in [0.1, 0.15) is 5.82 Å². The second kappa shape index (κ2) is 9.14. The van der Waals surface area contributed by atoms with Gasteiger partial charge in [-0.15, -0.1) is 0 Å². The molecule has 150 valence electrons. The zero-order valence-electron chi connectivity index (χ0n) is 16.3. The molecule has 0 aliphatic carbocycles. The van der Waals surface area contributed by atoms with Crippen molar-refractivity contribution in [3.8, 4) is 5.69 Å². The van der Waals surface area contributed by atoms with E-state index in [9.17, 15) is 14.0 Å². The topological polar surface area (TPSA) is 64.4 Å². The molecular weight excluding hydrogens is 373 g/mol. The molecule has 0 saturated heterocycles. The number of esters is 1. The lowest BCUT2D eigenvalue weighted by Gasteiger charge is -2.24. The standard InChI is InChI=1S/C22H22FN3O3/c1-16(22(28)29-2)14-25(15-17-7-4-3-5-8-17)21(27)20-11-12-26(24-20)19-10-6-9-18(23)13-19/h3-13,16H,14-15H2,1-2H3/t16-/m0/s1. The summed E-state index contributed by atoms with van der Waals surface area (Å²) < 4.78 is 19.7. The first-order valence-electron chi connectivity index (χ1n) is 9.20. The highest BCUT2D eigenvalue weighted by Crippen LogP contribution is 2.15. The van der Waals surface area contributed by atoms with Crippen LogP contribution in [-0.2, 0) is 16.1 Å². The summed E-state index contributed by atoms with van der Waals surface area (Å²) in [6.07, 6.45) is 1.60. The largest absolute Gasteiger partial charge is 0.469 e. The van der Waals surface area contributed by atoms with E-state index in [4.69, 9.17) is 4.74 Å². The zero-order chi connectivity index (χ0) is 20.8. The number of hydrogen-bond donors (Lipinski definition) is 0. The van der Waals surface area contributed by atoms with Gasteiger partial charge in [-0.2, -0.15) is 5.10 Å². The molecule has 3 aromatic rings. The van der Waals surface area contributed by atoms with Gasteiger partial charge in [-0.05, 0) is 29.8 Å². The molecule has 0 bridgehead atoms. The van der Waals surface area contributed by atoms with Gasteiger partial charge in [0.05, 0.1) is 18.7 Å². The predicted octanol–water partition coefficient (Wildman–Crippen LogP) is 3.46. The van der Waals surface area contributed by atoms with Crippen LogP contribution in [0.2, 0.25) is 0 Å². The fourth-order valence-corrected chi connectivity index (χ4v) is 2.99. The number of aromatic nitrogens is 2. The van der Waals surface area contributed by atoms with E-state index in [-0.39, 0.29) is 29.9 Å². The number of carbonyl (C=O) groups is 2. The Hall–Kier alpha value is -3.48. The number of carbonyl (C=O) groups excluding carboxylic acids is 2. The molecule has 1 aromatic heterocycles. The van der Waals surface area contributed by atoms with Gasteiger partial charge in [0, 0.05) is 19.3 Å². The van der Waals surface area contributed by atoms with Gasteiger partial charge in [0.2, 0.25) is 0 Å². The van der Waals surface area contributed by atoms with Crippen molar-refractivity contribution in [2.45, 2.75) is 13.5 Å². The first kappa shape index (κ1) is 20.3. The molecule has 1 amide bonds. The van der Waals surface area contributed by atoms with Crippen molar-refractivity contribution in [1.82, 2.24) is 14.7 Å². The smallest absolute Gasteiger partial charge is 0.310 e. The first-order chi connectivity index (χ1) is 14.0. The Labute approximate surface area is 168 Å². The minimum Gasteiger partial charge on any atom is -0.469 e. The molecule has 29 heavy (non-hydrogen) atoms. The van der Waals surface area contributed by atoms with Crippen LogP contribution in [0.4, 0.5) is 4.39 Å². The fraction of sp³-hybridized carbons (Fsp3) is 0.227. The van der Waals surface area contributed by atoms with Crippen LogP contribution in [0.5, 0.6) is 0 Å². The molecule has 0 N–H and O–H groups in total. The molecular formula is C22H22FN3O3. The summed E-state index contributed by atoms with van der Waals surface area (Å²) in [4.78, 5) is 26.6. The van der Waals surface area contributed by atoms with Crippen molar-refractivity contribution in [3.63, 3.8) is 0 Å². The number of halogens is 1. The number of rotatable bonds is 7. The maximum atomic E-state index is 13.5. The Morgan fingerprint density at radius 1 is 1.14 bits per heavy atom. The maximum Gasteiger partial charge on any atom is 0.310 e. The Bertz CT molecular complexity index is 988. The van der Waals surface area contributed by atoms with Gasteiger partial charge in [-0.3, -0.25) is 9.59 Å². The van der Waals surface area contributed by atoms with E-state index in [1.165, 1.54) is 23.9 Å². The van der Waals surface area contributed by atoms with Gasteiger partial charge in [-0.1, -0.05) is 43.3 Å². The van der Waals surface area contributed by atoms with Crippen LogP contribution in [0, 0.1) is 11.7 Å². The molecule has 2 aromatic carbocycles. The molecule has 0 fully saturated rings. The first-order valence-corrected chi connectivity index (χ1v) is 9.20. The van der Waals surface area contributed by atoms with E-state index >= 15 is 0 Å². The Balaban J connectivity index is 1.84. The van der Waals surface area contributed by atoms with Gasteiger partial charge in [-0.25, -0.2) is 9.07 Å². The van der Waals surface area contributed by atoms with Gasteiger partial charge in [0.15, 0.2) is 5.69 Å². The van der Waals surface area contributed by atoms with Crippen LogP contribution in [0.1, 0.15) is 23.0 Å². The Morgan fingerprint density at radius 2 is 1.90 bits per heavy atom. The quantitative estimate of drug-likeness (QED) is 0.575. The van der Waals surface area contributed by atoms with Crippen LogP contribution in [-0.4, -0.2) is 40.2 Å². The van der Waals surface area contributed by atoms with Crippen LogP contribution in [0.3, 0.4) is 0 Å². The van der Waals surface area contributed by atoms with E-state index in [1.807, 2.05) is 30.3 Å². The van der Waals surface area contributed by atoms with Gasteiger partial charge >= 0.3 is 5.97 Å². The predicted molar refractivity (Wildman–Crippen MR) is 106 cm³/mol. The summed E-state index contributed by atoms with van der Waals surface area (Å²) in [5.41, 5.74) is 1.66. The van der Waals surface area contributed by atoms with Crippen molar-refractivity contribution in [2.75, 3.05) is 13.7 Å². The van der Waals surface area contributed by atoms with E-state index in [2.05, 4.69) is 5.10 Å². The molecule has 1 atom stereocenters. The van der Waals surface area contributed by atoms with Gasteiger partial charge < -0.3 is 9.64 Å². The molecule has 6 nitrogen and oxygen atoms in total. The third kappa shape index (κ3) is 5.07. The fourth-order valence-electron chi connectivity index (χ4n) is 2.99. The molecule has 0 saturated carbocycles. The molecule has 0 radical (unpaired) electrons. The van der Waals surface area contributed by atoms with E-state index < -0.39 is 5.92 Å². The summed E-state index contributed by atoms with van der Waals surface area (Å²) in [5.74, 6) is -1.58. The lowest BCUT2D eigenvalue weighted by atomic mass is 10.1. The average Bonchev–Trinajstić information content (AvgIpc) is 3.23. The number of methoxy groups -OCH3 is 1. The van der Waals surface area contributed by atoms with Crippen molar-refractivity contribution in [2.24, 2.45) is 5.92 Å². The monoisotopic (exact) mass is 395 g/mol. The van der Waals surface area contributed by atoms with Gasteiger partial charge in [0.25, 0.3) is 5.91 Å². The summed E-state index contributed by atoms with van der Waals surface area (Å²) >= 11 is 0. The minimum atomic E-state index is -0.488. The molecule has 0 aliphatic rings. The zero-order valence-corrected chi connectivity index (χ0v) is 16.3. The van der Waals surface area contributed by atoms with Crippen LogP contribution in [0.15, 0.2) is 66.9 Å². The molecule has 0 aliphatic heterocycles. The molecule has 1 heterocycles. The maximum absolute atomic E-state index is 13.5. The Kier molecular flexibility index (Phi) is 6.39. The normalized spacial score (nSPS) is 11.7. The SMILES string of the molecule is COC(=O)[C@@H](C)CN(Cc1ccccc1)C(=O)c1ccn(-c2cccc(F)c2)n1. The Morgan fingerprint density at radius 3 is 2.59 bits per heavy atom. The van der Waals surface area contributed by atoms with Crippen molar-refractivity contribution in [1.29, 1.82) is 0 Å². The second-order valence-corrected chi connectivity index (χ2v) is 6.72. The van der Waals surface area contributed by atoms with Crippen LogP contribution in [0.25, 0.3) is 5.69 Å². The molecule has 0 spiro atoms. The number of hydrogen-bond acceptors (Lipinski definition) is 4. The van der Waals surface area contributed by atoms with Crippen LogP contribution < -0.4 is 0 Å². The number of amides is 1. The molecule has 3 rings (SSSR count). The summed E-state index contributed by atoms with van der Waals surface area (Å²) in [6.45, 7) is 2.23. The summed E-state index contributed by atoms with van der Waals surface area (Å²) in [7, 11) is 1.32. The van der Waals surface area contributed by atoms with E-state index in [1.54, 1.807) is 36.2 Å². The van der Waals surface area contributed by atoms with Crippen molar-refractivity contribution in [3.05, 3.63) is 83.9 Å². The number of nitrogens with zero attached hydrogens (tertiary/aromatic N) is 3. The lowest BCUT2D eigenvalue weighted by Crippen LogP contribution is -2.37. The molecule has 0 unspecified atom stereocenters. The third-order valence-electron chi connectivity index (χ3n) is 4.48. The minimum absolute atomic E-state index is 0.188. The highest BCUT2D eigenvalue weighted by molar-refractivity contribution is 5.92. The average molecular weight is 395 g/mol. The highest BCUT2D eigenvalue weighted by Gasteiger charge is 2.24. The van der Waals surface area contributed by atoms with Crippen molar-refractivity contribution < 1.29 is 18.7 Å². The number of ether oxygens (including phenoxy) is 1. The summed E-state index contributed by atoms with van der Waals surface area (Å²) in [5, 5.41) is 4.30. The lowest BCUT2D eigenvalue weighted by molar-refractivity contribution is -0.145. The summed E-state index contributed by atoms with van der Waals surface area (Å²) in [6, 6.07) is 17.0. The van der Waals surface area contributed by atoms with Crippen LogP contribution >= 0.6 is 0 Å². The highest BCUT2D eigenvalue weighted by atomic mass is 19.1. The second-order valence-electron chi connectivity index (χ2n) is 6.72. The number of benzene rings is 2. The van der Waals surface area contributed by atoms with E-state index in [0.717, 1.165) is 5.56 Å². The third-order valence-corrected chi connectivity index (χ3v) is 4.48. The van der Waals surface area contributed by atoms with E-state index in [0.29, 0.717) is 12.2 Å².